The van der Waals surface area contributed by atoms with Crippen LogP contribution in [0.5, 0.6) is 0 Å². The van der Waals surface area contributed by atoms with Crippen LogP contribution in [0.15, 0.2) is 39.8 Å². The zero-order valence-corrected chi connectivity index (χ0v) is 12.9. The first-order chi connectivity index (χ1) is 11.1. The Labute approximate surface area is 132 Å². The summed E-state index contributed by atoms with van der Waals surface area (Å²) in [4.78, 5) is 16.3. The summed E-state index contributed by atoms with van der Waals surface area (Å²) in [6.45, 7) is 1.51. The molecule has 23 heavy (non-hydrogen) atoms. The van der Waals surface area contributed by atoms with Crippen molar-refractivity contribution in [2.75, 3.05) is 27.2 Å². The predicted molar refractivity (Wildman–Crippen MR) is 85.5 cm³/mol. The topological polar surface area (TPSA) is 63.8 Å². The monoisotopic (exact) mass is 316 g/mol. The number of benzene rings is 1. The summed E-state index contributed by atoms with van der Waals surface area (Å²) in [7, 11) is 3.15. The van der Waals surface area contributed by atoms with Crippen LogP contribution in [-0.4, -0.2) is 38.9 Å². The molecule has 1 aliphatic heterocycles. The van der Waals surface area contributed by atoms with Gasteiger partial charge in [-0.1, -0.05) is 6.08 Å². The SMILES string of the molecule is CNCC1C=CC(c2cc3cc(F)cc(C(=O)OC)c3o2)=NC1. The highest BCUT2D eigenvalue weighted by molar-refractivity contribution is 6.10. The largest absolute Gasteiger partial charge is 0.465 e. The lowest BCUT2D eigenvalue weighted by Crippen LogP contribution is -2.22. The van der Waals surface area contributed by atoms with Crippen LogP contribution >= 0.6 is 0 Å². The fraction of sp³-hybridized carbons (Fsp3) is 0.294. The minimum Gasteiger partial charge on any atom is -0.465 e. The molecule has 0 radical (unpaired) electrons. The van der Waals surface area contributed by atoms with E-state index in [1.165, 1.54) is 13.2 Å². The number of ether oxygens (including phenoxy) is 1. The minimum atomic E-state index is -0.634. The van der Waals surface area contributed by atoms with Gasteiger partial charge in [-0.05, 0) is 31.3 Å². The van der Waals surface area contributed by atoms with E-state index in [4.69, 9.17) is 4.42 Å². The molecule has 5 nitrogen and oxygen atoms in total. The zero-order valence-electron chi connectivity index (χ0n) is 12.9. The quantitative estimate of drug-likeness (QED) is 0.881. The van der Waals surface area contributed by atoms with Crippen LogP contribution in [0.4, 0.5) is 4.39 Å². The van der Waals surface area contributed by atoms with E-state index in [1.54, 1.807) is 6.07 Å². The van der Waals surface area contributed by atoms with Gasteiger partial charge in [0.2, 0.25) is 0 Å². The summed E-state index contributed by atoms with van der Waals surface area (Å²) in [6, 6.07) is 4.13. The zero-order chi connectivity index (χ0) is 16.4. The van der Waals surface area contributed by atoms with Crippen molar-refractivity contribution in [3.63, 3.8) is 0 Å². The number of rotatable bonds is 4. The van der Waals surface area contributed by atoms with Gasteiger partial charge in [-0.15, -0.1) is 0 Å². The van der Waals surface area contributed by atoms with Crippen LogP contribution in [0.3, 0.4) is 0 Å². The first-order valence-electron chi connectivity index (χ1n) is 7.31. The number of furan rings is 1. The number of dihydropyridines is 1. The van der Waals surface area contributed by atoms with Gasteiger partial charge in [0.1, 0.15) is 17.0 Å². The fourth-order valence-corrected chi connectivity index (χ4v) is 2.62. The molecule has 3 rings (SSSR count). The molecular formula is C17H17FN2O3. The van der Waals surface area contributed by atoms with Gasteiger partial charge in [-0.25, -0.2) is 9.18 Å². The second-order valence-corrected chi connectivity index (χ2v) is 5.38. The molecule has 1 aromatic carbocycles. The van der Waals surface area contributed by atoms with Gasteiger partial charge in [0.25, 0.3) is 0 Å². The Balaban J connectivity index is 1.98. The van der Waals surface area contributed by atoms with Crippen molar-refractivity contribution >= 4 is 22.7 Å². The first-order valence-corrected chi connectivity index (χ1v) is 7.31. The minimum absolute atomic E-state index is 0.0715. The van der Waals surface area contributed by atoms with Gasteiger partial charge < -0.3 is 14.5 Å². The third-order valence-corrected chi connectivity index (χ3v) is 3.73. The Morgan fingerprint density at radius 2 is 2.30 bits per heavy atom. The van der Waals surface area contributed by atoms with Gasteiger partial charge in [-0.3, -0.25) is 4.99 Å². The summed E-state index contributed by atoms with van der Waals surface area (Å²) in [6.07, 6.45) is 3.95. The van der Waals surface area contributed by atoms with Crippen LogP contribution in [-0.2, 0) is 4.74 Å². The number of carbonyl (C=O) groups excluding carboxylic acids is 1. The number of nitrogens with one attached hydrogen (secondary N) is 1. The van der Waals surface area contributed by atoms with E-state index in [1.807, 2.05) is 13.1 Å². The number of aliphatic imine (C=N–C) groups is 1. The second kappa shape index (κ2) is 6.34. The number of fused-ring (bicyclic) bond motifs is 1. The molecule has 2 aromatic rings. The summed E-state index contributed by atoms with van der Waals surface area (Å²) in [5.41, 5.74) is 1.06. The molecule has 1 aliphatic rings. The summed E-state index contributed by atoms with van der Waals surface area (Å²) >= 11 is 0. The van der Waals surface area contributed by atoms with Crippen molar-refractivity contribution in [2.24, 2.45) is 10.9 Å². The lowest BCUT2D eigenvalue weighted by Gasteiger charge is -2.13. The molecule has 0 saturated carbocycles. The molecule has 0 bridgehead atoms. The van der Waals surface area contributed by atoms with Gasteiger partial charge in [0.05, 0.1) is 12.8 Å². The Hall–Kier alpha value is -2.47. The Bertz CT molecular complexity index is 808. The van der Waals surface area contributed by atoms with E-state index < -0.39 is 11.8 Å². The molecule has 120 valence electrons. The molecule has 0 saturated heterocycles. The van der Waals surface area contributed by atoms with Gasteiger partial charge >= 0.3 is 5.97 Å². The lowest BCUT2D eigenvalue weighted by atomic mass is 10.0. The molecule has 1 N–H and O–H groups in total. The molecule has 2 heterocycles. The highest BCUT2D eigenvalue weighted by Crippen LogP contribution is 2.26. The third kappa shape index (κ3) is 3.03. The fourth-order valence-electron chi connectivity index (χ4n) is 2.62. The van der Waals surface area contributed by atoms with Crippen molar-refractivity contribution in [1.29, 1.82) is 0 Å². The summed E-state index contributed by atoms with van der Waals surface area (Å²) in [5.74, 6) is -0.294. The van der Waals surface area contributed by atoms with Crippen LogP contribution in [0.25, 0.3) is 11.0 Å². The second-order valence-electron chi connectivity index (χ2n) is 5.38. The van der Waals surface area contributed by atoms with E-state index in [9.17, 15) is 9.18 Å². The maximum atomic E-state index is 13.7. The van der Waals surface area contributed by atoms with Crippen LogP contribution < -0.4 is 5.32 Å². The van der Waals surface area contributed by atoms with E-state index in [2.05, 4.69) is 21.1 Å². The van der Waals surface area contributed by atoms with Crippen molar-refractivity contribution in [1.82, 2.24) is 5.32 Å². The van der Waals surface area contributed by atoms with E-state index in [0.717, 1.165) is 12.6 Å². The van der Waals surface area contributed by atoms with Crippen molar-refractivity contribution in [2.45, 2.75) is 0 Å². The highest BCUT2D eigenvalue weighted by Gasteiger charge is 2.19. The standard InChI is InChI=1S/C17H17FN2O3/c1-19-8-10-3-4-14(20-9-10)15-6-11-5-12(18)7-13(16(11)23-15)17(21)22-2/h3-7,10,19H,8-9H2,1-2H3. The number of hydrogen-bond donors (Lipinski definition) is 1. The molecule has 0 spiro atoms. The van der Waals surface area contributed by atoms with Gasteiger partial charge in [0.15, 0.2) is 5.76 Å². The van der Waals surface area contributed by atoms with Crippen molar-refractivity contribution in [3.05, 3.63) is 47.5 Å². The molecule has 0 fully saturated rings. The average molecular weight is 316 g/mol. The molecule has 1 aromatic heterocycles. The van der Waals surface area contributed by atoms with Crippen molar-refractivity contribution in [3.8, 4) is 0 Å². The molecule has 0 amide bonds. The van der Waals surface area contributed by atoms with Crippen molar-refractivity contribution < 1.29 is 18.3 Å². The van der Waals surface area contributed by atoms with Gasteiger partial charge in [-0.2, -0.15) is 0 Å². The number of hydrogen-bond acceptors (Lipinski definition) is 5. The predicted octanol–water partition coefficient (Wildman–Crippen LogP) is 2.55. The Morgan fingerprint density at radius 1 is 1.48 bits per heavy atom. The highest BCUT2D eigenvalue weighted by atomic mass is 19.1. The number of methoxy groups -OCH3 is 1. The number of nitrogens with zero attached hydrogens (tertiary/aromatic N) is 1. The Kier molecular flexibility index (Phi) is 4.25. The third-order valence-electron chi connectivity index (χ3n) is 3.73. The number of carbonyl (C=O) groups is 1. The van der Waals surface area contributed by atoms with Crippen LogP contribution in [0.1, 0.15) is 16.1 Å². The van der Waals surface area contributed by atoms with E-state index in [0.29, 0.717) is 34.9 Å². The molecule has 1 atom stereocenters. The van der Waals surface area contributed by atoms with E-state index in [-0.39, 0.29) is 5.56 Å². The smallest absolute Gasteiger partial charge is 0.341 e. The maximum absolute atomic E-state index is 13.7. The molecular weight excluding hydrogens is 299 g/mol. The molecule has 0 aliphatic carbocycles. The molecule has 1 unspecified atom stereocenters. The van der Waals surface area contributed by atoms with Gasteiger partial charge in [0, 0.05) is 24.4 Å². The molecule has 6 heteroatoms. The summed E-state index contributed by atoms with van der Waals surface area (Å²) < 4.78 is 24.1. The van der Waals surface area contributed by atoms with Crippen LogP contribution in [0, 0.1) is 11.7 Å². The van der Waals surface area contributed by atoms with Crippen LogP contribution in [0.2, 0.25) is 0 Å². The average Bonchev–Trinajstić information content (AvgIpc) is 2.98. The van der Waals surface area contributed by atoms with E-state index >= 15 is 0 Å². The maximum Gasteiger partial charge on any atom is 0.341 e. The summed E-state index contributed by atoms with van der Waals surface area (Å²) in [5, 5.41) is 3.62. The number of esters is 1. The Morgan fingerprint density at radius 3 is 2.96 bits per heavy atom. The first kappa shape index (κ1) is 15.4. The number of allylic oxidation sites excluding steroid dienone is 1. The normalized spacial score (nSPS) is 17.3. The lowest BCUT2D eigenvalue weighted by molar-refractivity contribution is 0.0601. The number of halogens is 1.